The molecule has 1 aliphatic carbocycles. The molecule has 1 saturated carbocycles. The van der Waals surface area contributed by atoms with Crippen LogP contribution < -0.4 is 5.73 Å². The molecular formula is C18H23ClN2O3. The van der Waals surface area contributed by atoms with E-state index in [1.807, 2.05) is 32.0 Å². The van der Waals surface area contributed by atoms with Crippen LogP contribution in [0.4, 0.5) is 0 Å². The maximum Gasteiger partial charge on any atom is 0.205 e. The molecule has 1 fully saturated rings. The molecule has 3 N–H and O–H groups in total. The second-order valence-corrected chi connectivity index (χ2v) is 7.32. The van der Waals surface area contributed by atoms with Crippen molar-refractivity contribution in [3.63, 3.8) is 0 Å². The normalized spacial score (nSPS) is 29.0. The number of nitrogens with zero attached hydrogens (tertiary/aromatic N) is 1. The summed E-state index contributed by atoms with van der Waals surface area (Å²) >= 11 is 6.36. The van der Waals surface area contributed by atoms with Crippen LogP contribution in [0.2, 0.25) is 5.02 Å². The van der Waals surface area contributed by atoms with Crippen molar-refractivity contribution in [2.75, 3.05) is 0 Å². The Morgan fingerprint density at radius 3 is 2.79 bits per heavy atom. The van der Waals surface area contributed by atoms with E-state index >= 15 is 0 Å². The van der Waals surface area contributed by atoms with Crippen molar-refractivity contribution in [2.45, 2.75) is 56.9 Å². The molecular weight excluding hydrogens is 328 g/mol. The number of carbonyl (C=O) groups is 1. The molecule has 6 heteroatoms. The average molecular weight is 351 g/mol. The van der Waals surface area contributed by atoms with Gasteiger partial charge in [0.15, 0.2) is 11.6 Å². The molecule has 0 amide bonds. The van der Waals surface area contributed by atoms with Gasteiger partial charge in [-0.3, -0.25) is 4.79 Å². The van der Waals surface area contributed by atoms with Crippen LogP contribution in [0, 0.1) is 5.92 Å². The van der Waals surface area contributed by atoms with Crippen LogP contribution in [0.15, 0.2) is 29.3 Å². The molecule has 24 heavy (non-hydrogen) atoms. The molecule has 1 aromatic rings. The first-order chi connectivity index (χ1) is 11.4. The van der Waals surface area contributed by atoms with Crippen LogP contribution in [-0.2, 0) is 15.1 Å². The summed E-state index contributed by atoms with van der Waals surface area (Å²) < 4.78 is 5.76. The number of ether oxygens (including phenoxy) is 1. The van der Waals surface area contributed by atoms with Crippen LogP contribution in [0.3, 0.4) is 0 Å². The minimum Gasteiger partial charge on any atom is -0.468 e. The van der Waals surface area contributed by atoms with Gasteiger partial charge >= 0.3 is 0 Å². The lowest BCUT2D eigenvalue weighted by Crippen LogP contribution is -2.56. The van der Waals surface area contributed by atoms with Crippen LogP contribution >= 0.6 is 11.6 Å². The fourth-order valence-electron chi connectivity index (χ4n) is 3.49. The van der Waals surface area contributed by atoms with Gasteiger partial charge in [0, 0.05) is 10.6 Å². The Kier molecular flexibility index (Phi) is 4.69. The molecule has 0 spiro atoms. The van der Waals surface area contributed by atoms with E-state index < -0.39 is 23.8 Å². The van der Waals surface area contributed by atoms with E-state index in [1.165, 1.54) is 0 Å². The summed E-state index contributed by atoms with van der Waals surface area (Å²) in [6, 6.07) is 6.50. The molecule has 5 nitrogen and oxygen atoms in total. The third kappa shape index (κ3) is 2.75. The Morgan fingerprint density at radius 1 is 1.42 bits per heavy atom. The summed E-state index contributed by atoms with van der Waals surface area (Å²) in [5.74, 6) is 0.136. The van der Waals surface area contributed by atoms with E-state index in [-0.39, 0.29) is 17.6 Å². The van der Waals surface area contributed by atoms with E-state index in [2.05, 4.69) is 4.99 Å². The van der Waals surface area contributed by atoms with Crippen molar-refractivity contribution in [1.82, 2.24) is 0 Å². The number of fused-ring (bicyclic) bond motifs is 2. The standard InChI is InChI=1S/C18H23ClN2O3/c1-10(2)15(22)14(20)17-21-18(11-6-3-4-7-12(11)19)9-5-8-13(24-17)16(18)23/h3-4,6-7,10,13-15,22H,5,8-9,20H2,1-2H3/t13-,14?,15?,18-/m1/s1. The van der Waals surface area contributed by atoms with Crippen LogP contribution in [0.1, 0.15) is 38.7 Å². The summed E-state index contributed by atoms with van der Waals surface area (Å²) in [5, 5.41) is 10.8. The number of hydrogen-bond donors (Lipinski definition) is 2. The molecule has 130 valence electrons. The molecule has 1 aliphatic heterocycles. The second-order valence-electron chi connectivity index (χ2n) is 6.91. The largest absolute Gasteiger partial charge is 0.468 e. The zero-order valence-corrected chi connectivity index (χ0v) is 14.7. The van der Waals surface area contributed by atoms with Gasteiger partial charge in [0.1, 0.15) is 6.04 Å². The number of aliphatic imine (C=N–C) groups is 1. The van der Waals surface area contributed by atoms with Crippen LogP contribution in [0.5, 0.6) is 0 Å². The first-order valence-corrected chi connectivity index (χ1v) is 8.74. The fraction of sp³-hybridized carbons (Fsp3) is 0.556. The van der Waals surface area contributed by atoms with Crippen molar-refractivity contribution in [1.29, 1.82) is 0 Å². The van der Waals surface area contributed by atoms with Gasteiger partial charge in [0.2, 0.25) is 11.7 Å². The van der Waals surface area contributed by atoms with Gasteiger partial charge in [-0.05, 0) is 31.2 Å². The lowest BCUT2D eigenvalue weighted by molar-refractivity contribution is -0.137. The second kappa shape index (κ2) is 6.47. The summed E-state index contributed by atoms with van der Waals surface area (Å²) in [5.41, 5.74) is 5.80. The number of carbonyl (C=O) groups excluding carboxylic acids is 1. The molecule has 2 bridgehead atoms. The maximum atomic E-state index is 13.0. The fourth-order valence-corrected chi connectivity index (χ4v) is 3.78. The Balaban J connectivity index is 2.09. The number of aliphatic hydroxyl groups is 1. The molecule has 3 rings (SSSR count). The highest BCUT2D eigenvalue weighted by molar-refractivity contribution is 6.32. The number of Topliss-reactive ketones (excluding diaryl/α,β-unsaturated/α-hetero) is 1. The predicted octanol–water partition coefficient (Wildman–Crippen LogP) is 2.43. The lowest BCUT2D eigenvalue weighted by Gasteiger charge is -2.42. The predicted molar refractivity (Wildman–Crippen MR) is 93.1 cm³/mol. The molecule has 0 aromatic heterocycles. The van der Waals surface area contributed by atoms with Gasteiger partial charge in [-0.1, -0.05) is 43.6 Å². The highest BCUT2D eigenvalue weighted by atomic mass is 35.5. The summed E-state index contributed by atoms with van der Waals surface area (Å²) in [6.07, 6.45) is 0.659. The number of rotatable bonds is 4. The summed E-state index contributed by atoms with van der Waals surface area (Å²) in [4.78, 5) is 17.6. The molecule has 1 heterocycles. The van der Waals surface area contributed by atoms with Gasteiger partial charge < -0.3 is 15.6 Å². The van der Waals surface area contributed by atoms with Crippen molar-refractivity contribution < 1.29 is 14.6 Å². The molecule has 2 aliphatic rings. The molecule has 2 unspecified atom stereocenters. The first-order valence-electron chi connectivity index (χ1n) is 8.36. The van der Waals surface area contributed by atoms with Gasteiger partial charge in [0.25, 0.3) is 0 Å². The van der Waals surface area contributed by atoms with Crippen molar-refractivity contribution in [3.8, 4) is 0 Å². The topological polar surface area (TPSA) is 84.9 Å². The minimum absolute atomic E-state index is 0.0416. The van der Waals surface area contributed by atoms with Crippen molar-refractivity contribution >= 4 is 23.3 Å². The molecule has 4 atom stereocenters. The summed E-state index contributed by atoms with van der Waals surface area (Å²) in [7, 11) is 0. The van der Waals surface area contributed by atoms with Crippen LogP contribution in [0.25, 0.3) is 0 Å². The first kappa shape index (κ1) is 17.4. The van der Waals surface area contributed by atoms with Gasteiger partial charge in [-0.15, -0.1) is 0 Å². The van der Waals surface area contributed by atoms with Gasteiger partial charge in [-0.2, -0.15) is 0 Å². The van der Waals surface area contributed by atoms with E-state index in [0.29, 0.717) is 23.4 Å². The molecule has 0 radical (unpaired) electrons. The molecule has 0 saturated heterocycles. The zero-order valence-electron chi connectivity index (χ0n) is 13.9. The zero-order chi connectivity index (χ0) is 17.5. The van der Waals surface area contributed by atoms with E-state index in [9.17, 15) is 9.90 Å². The van der Waals surface area contributed by atoms with Crippen molar-refractivity contribution in [3.05, 3.63) is 34.9 Å². The Bertz CT molecular complexity index is 676. The van der Waals surface area contributed by atoms with Crippen molar-refractivity contribution in [2.24, 2.45) is 16.6 Å². The Hall–Kier alpha value is -1.43. The van der Waals surface area contributed by atoms with Crippen LogP contribution in [-0.4, -0.2) is 35.0 Å². The number of halogens is 1. The monoisotopic (exact) mass is 350 g/mol. The summed E-state index contributed by atoms with van der Waals surface area (Å²) in [6.45, 7) is 3.76. The number of nitrogens with two attached hydrogens (primary N) is 1. The number of ketones is 1. The SMILES string of the molecule is CC(C)C(O)C(N)C1=N[C@@]2(c3ccccc3Cl)CCC[C@@H](O1)C2=O. The molecule has 1 aromatic carbocycles. The van der Waals surface area contributed by atoms with E-state index in [0.717, 1.165) is 6.42 Å². The smallest absolute Gasteiger partial charge is 0.205 e. The number of benzene rings is 1. The number of hydrogen-bond acceptors (Lipinski definition) is 5. The number of aliphatic hydroxyl groups excluding tert-OH is 1. The third-order valence-electron chi connectivity index (χ3n) is 4.92. The third-order valence-corrected chi connectivity index (χ3v) is 5.25. The van der Waals surface area contributed by atoms with E-state index in [4.69, 9.17) is 22.1 Å². The lowest BCUT2D eigenvalue weighted by atomic mass is 9.73. The van der Waals surface area contributed by atoms with Gasteiger partial charge in [0.05, 0.1) is 6.10 Å². The highest BCUT2D eigenvalue weighted by Crippen LogP contribution is 2.44. The highest BCUT2D eigenvalue weighted by Gasteiger charge is 2.52. The van der Waals surface area contributed by atoms with E-state index in [1.54, 1.807) is 6.07 Å². The minimum atomic E-state index is -1.05. The quantitative estimate of drug-likeness (QED) is 0.873. The van der Waals surface area contributed by atoms with Gasteiger partial charge in [-0.25, -0.2) is 4.99 Å². The maximum absolute atomic E-state index is 13.0. The Morgan fingerprint density at radius 2 is 2.12 bits per heavy atom. The average Bonchev–Trinajstić information content (AvgIpc) is 2.54. The Labute approximate surface area is 146 Å².